The number of methoxy groups -OCH3 is 2. The molecular weight excluding hydrogens is 456 g/mol. The van der Waals surface area contributed by atoms with E-state index in [0.29, 0.717) is 33.5 Å². The molecule has 0 aromatic heterocycles. The second-order valence-electron chi connectivity index (χ2n) is 4.15. The van der Waals surface area contributed by atoms with E-state index in [-0.39, 0.29) is 40.3 Å². The van der Waals surface area contributed by atoms with E-state index in [0.717, 1.165) is 0 Å². The van der Waals surface area contributed by atoms with Crippen LogP contribution >= 0.6 is 15.9 Å². The molecule has 0 spiro atoms. The number of nitrogens with zero attached hydrogens (tertiary/aromatic N) is 2. The number of nitro groups is 1. The van der Waals surface area contributed by atoms with Crippen molar-refractivity contribution in [2.75, 3.05) is 14.2 Å². The minimum atomic E-state index is -0.586. The Hall–Kier alpha value is -1.42. The monoisotopic (exact) mass is 465 g/mol. The van der Waals surface area contributed by atoms with Crippen LogP contribution < -0.4 is 9.47 Å². The van der Waals surface area contributed by atoms with Gasteiger partial charge in [-0.2, -0.15) is 0 Å². The van der Waals surface area contributed by atoms with Crippen LogP contribution in [0.2, 0.25) is 0 Å². The van der Waals surface area contributed by atoms with E-state index in [2.05, 4.69) is 26.1 Å². The predicted molar refractivity (Wildman–Crippen MR) is 76.4 cm³/mol. The van der Waals surface area contributed by atoms with Gasteiger partial charge >= 0.3 is 0 Å². The van der Waals surface area contributed by atoms with E-state index in [1.54, 1.807) is 6.07 Å². The molecule has 0 N–H and O–H groups in total. The summed E-state index contributed by atoms with van der Waals surface area (Å²) in [5.41, 5.74) is 0.757. The van der Waals surface area contributed by atoms with Gasteiger partial charge in [0.25, 0.3) is 5.70 Å². The Bertz CT molecular complexity index is 649. The second kappa shape index (κ2) is 7.73. The van der Waals surface area contributed by atoms with E-state index in [9.17, 15) is 15.0 Å². The van der Waals surface area contributed by atoms with Gasteiger partial charge in [0.2, 0.25) is 5.76 Å². The first-order valence-electron chi connectivity index (χ1n) is 5.86. The Morgan fingerprint density at radius 3 is 2.50 bits per heavy atom. The topological polar surface area (TPSA) is 100 Å². The standard InChI is InChI=1S/C12H11BrN2O6.Ag/c1-19-9-5-7(13)11(20-2)6-3-4-8(15(17)18)12(10(6)9)21-14-16;/h5H,3-4H2,1-2H3;. The minimum Gasteiger partial charge on any atom is -0.496 e. The largest absolute Gasteiger partial charge is 0.496 e. The smallest absolute Gasteiger partial charge is 0.292 e. The molecule has 0 atom stereocenters. The van der Waals surface area contributed by atoms with Crippen molar-refractivity contribution in [2.24, 2.45) is 5.34 Å². The van der Waals surface area contributed by atoms with E-state index in [1.807, 2.05) is 0 Å². The minimum absolute atomic E-state index is 0. The molecule has 8 nitrogen and oxygen atoms in total. The fourth-order valence-corrected chi connectivity index (χ4v) is 2.95. The summed E-state index contributed by atoms with van der Waals surface area (Å²) in [6, 6.07) is 1.59. The first kappa shape index (κ1) is 18.6. The molecule has 0 saturated carbocycles. The second-order valence-corrected chi connectivity index (χ2v) is 5.00. The van der Waals surface area contributed by atoms with Crippen LogP contribution in [-0.4, -0.2) is 19.1 Å². The van der Waals surface area contributed by atoms with Crippen LogP contribution in [0.4, 0.5) is 0 Å². The van der Waals surface area contributed by atoms with Crippen molar-refractivity contribution in [3.05, 3.63) is 42.4 Å². The maximum Gasteiger partial charge on any atom is 0.292 e. The summed E-state index contributed by atoms with van der Waals surface area (Å²) in [7, 11) is 2.90. The summed E-state index contributed by atoms with van der Waals surface area (Å²) in [6.45, 7) is 0. The molecule has 0 saturated heterocycles. The number of hydrogen-bond acceptors (Lipinski definition) is 7. The fraction of sp³-hybridized carbons (Fsp3) is 0.333. The van der Waals surface area contributed by atoms with Gasteiger partial charge in [0.1, 0.15) is 11.5 Å². The van der Waals surface area contributed by atoms with E-state index in [1.165, 1.54) is 14.2 Å². The first-order valence-corrected chi connectivity index (χ1v) is 6.65. The number of fused-ring (bicyclic) bond motifs is 1. The molecule has 1 aromatic carbocycles. The molecule has 0 heterocycles. The van der Waals surface area contributed by atoms with Gasteiger partial charge in [0, 0.05) is 34.4 Å². The van der Waals surface area contributed by atoms with E-state index >= 15 is 0 Å². The van der Waals surface area contributed by atoms with Crippen molar-refractivity contribution < 1.29 is 41.6 Å². The molecule has 1 aliphatic carbocycles. The molecule has 1 aliphatic rings. The number of rotatable bonds is 5. The third-order valence-electron chi connectivity index (χ3n) is 3.17. The van der Waals surface area contributed by atoms with Crippen molar-refractivity contribution in [3.63, 3.8) is 0 Å². The van der Waals surface area contributed by atoms with Gasteiger partial charge in [-0.25, -0.2) is 0 Å². The van der Waals surface area contributed by atoms with Crippen LogP contribution in [0, 0.1) is 15.0 Å². The van der Waals surface area contributed by atoms with Crippen LogP contribution in [0.15, 0.2) is 21.6 Å². The Morgan fingerprint density at radius 1 is 1.32 bits per heavy atom. The van der Waals surface area contributed by atoms with Gasteiger partial charge in [-0.3, -0.25) is 10.1 Å². The predicted octanol–water partition coefficient (Wildman–Crippen LogP) is 3.05. The maximum absolute atomic E-state index is 11.1. The third-order valence-corrected chi connectivity index (χ3v) is 3.76. The molecule has 0 aliphatic heterocycles. The maximum atomic E-state index is 11.1. The molecule has 0 amide bonds. The summed E-state index contributed by atoms with van der Waals surface area (Å²) in [4.78, 5) is 25.6. The molecule has 10 heteroatoms. The Kier molecular flexibility index (Phi) is 6.54. The molecule has 2 rings (SSSR count). The van der Waals surface area contributed by atoms with Gasteiger partial charge in [-0.05, 0) is 28.4 Å². The zero-order valence-corrected chi connectivity index (χ0v) is 14.6. The SMILES string of the molecule is COc1cc(Br)c(OC)c2c1C(ON=O)=C([N+](=O)[O-])CC2.[Ag]. The zero-order chi connectivity index (χ0) is 15.6. The van der Waals surface area contributed by atoms with Gasteiger partial charge in [-0.15, -0.1) is 4.91 Å². The van der Waals surface area contributed by atoms with Crippen molar-refractivity contribution in [1.29, 1.82) is 0 Å². The number of benzene rings is 1. The molecule has 1 radical (unpaired) electrons. The number of halogens is 1. The molecular formula is C12H11AgBrN2O6. The number of allylic oxidation sites excluding steroid dienone is 1. The van der Waals surface area contributed by atoms with Crippen molar-refractivity contribution in [3.8, 4) is 11.5 Å². The molecule has 123 valence electrons. The summed E-state index contributed by atoms with van der Waals surface area (Å²) >= 11 is 3.35. The first-order chi connectivity index (χ1) is 10.0. The molecule has 0 unspecified atom stereocenters. The van der Waals surface area contributed by atoms with Crippen LogP contribution in [0.5, 0.6) is 11.5 Å². The average molecular weight is 467 g/mol. The van der Waals surface area contributed by atoms with E-state index < -0.39 is 4.92 Å². The quantitative estimate of drug-likeness (QED) is 0.286. The average Bonchev–Trinajstić information content (AvgIpc) is 2.46. The van der Waals surface area contributed by atoms with Crippen LogP contribution in [0.3, 0.4) is 0 Å². The third kappa shape index (κ3) is 3.17. The molecule has 1 aromatic rings. The van der Waals surface area contributed by atoms with Crippen molar-refractivity contribution in [1.82, 2.24) is 0 Å². The normalized spacial score (nSPS) is 12.9. The number of hydrogen-bond donors (Lipinski definition) is 0. The summed E-state index contributed by atoms with van der Waals surface area (Å²) < 4.78 is 11.2. The Balaban J connectivity index is 0.00000242. The van der Waals surface area contributed by atoms with Crippen LogP contribution in [-0.2, 0) is 33.6 Å². The number of ether oxygens (including phenoxy) is 2. The fourth-order valence-electron chi connectivity index (χ4n) is 2.34. The zero-order valence-electron chi connectivity index (χ0n) is 11.5. The van der Waals surface area contributed by atoms with Gasteiger partial charge in [0.05, 0.1) is 29.2 Å². The van der Waals surface area contributed by atoms with Gasteiger partial charge in [0.15, 0.2) is 5.34 Å². The summed E-state index contributed by atoms with van der Waals surface area (Å²) in [6.07, 6.45) is 0.456. The van der Waals surface area contributed by atoms with E-state index in [4.69, 9.17) is 9.47 Å². The molecule has 22 heavy (non-hydrogen) atoms. The molecule has 0 bridgehead atoms. The Labute approximate surface area is 149 Å². The Morgan fingerprint density at radius 2 is 2.00 bits per heavy atom. The van der Waals surface area contributed by atoms with Crippen molar-refractivity contribution >= 4 is 21.7 Å². The molecule has 0 fully saturated rings. The van der Waals surface area contributed by atoms with Crippen LogP contribution in [0.25, 0.3) is 5.76 Å². The summed E-state index contributed by atoms with van der Waals surface area (Å²) in [5, 5.41) is 13.4. The van der Waals surface area contributed by atoms with Gasteiger partial charge < -0.3 is 14.3 Å². The van der Waals surface area contributed by atoms with Gasteiger partial charge in [-0.1, -0.05) is 0 Å². The van der Waals surface area contributed by atoms with Crippen LogP contribution in [0.1, 0.15) is 17.5 Å². The van der Waals surface area contributed by atoms with Crippen molar-refractivity contribution in [2.45, 2.75) is 12.8 Å². The summed E-state index contributed by atoms with van der Waals surface area (Å²) in [5.74, 6) is 0.634.